The lowest BCUT2D eigenvalue weighted by atomic mass is 10.3. The summed E-state index contributed by atoms with van der Waals surface area (Å²) in [4.78, 5) is 4.55. The molecular formula is C15H16ClFN4. The van der Waals surface area contributed by atoms with E-state index in [2.05, 4.69) is 14.6 Å². The van der Waals surface area contributed by atoms with Crippen molar-refractivity contribution in [3.63, 3.8) is 0 Å². The summed E-state index contributed by atoms with van der Waals surface area (Å²) in [6.07, 6.45) is 5.28. The van der Waals surface area contributed by atoms with Crippen LogP contribution in [0.4, 0.5) is 4.39 Å². The third kappa shape index (κ3) is 3.08. The zero-order valence-electron chi connectivity index (χ0n) is 11.5. The minimum absolute atomic E-state index is 0.242. The van der Waals surface area contributed by atoms with E-state index in [1.165, 1.54) is 12.1 Å². The van der Waals surface area contributed by atoms with Gasteiger partial charge in [-0.25, -0.2) is 9.37 Å². The van der Waals surface area contributed by atoms with Gasteiger partial charge in [0.2, 0.25) is 0 Å². The molecule has 4 nitrogen and oxygen atoms in total. The molecule has 0 spiro atoms. The van der Waals surface area contributed by atoms with Gasteiger partial charge >= 0.3 is 0 Å². The summed E-state index contributed by atoms with van der Waals surface area (Å²) in [6.45, 7) is 1.59. The van der Waals surface area contributed by atoms with Crippen molar-refractivity contribution >= 4 is 22.6 Å². The van der Waals surface area contributed by atoms with E-state index in [4.69, 9.17) is 11.6 Å². The van der Waals surface area contributed by atoms with Crippen molar-refractivity contribution in [1.82, 2.24) is 19.3 Å². The van der Waals surface area contributed by atoms with Gasteiger partial charge < -0.3 is 4.57 Å². The Kier molecular flexibility index (Phi) is 4.20. The molecule has 3 rings (SSSR count). The molecular weight excluding hydrogens is 291 g/mol. The fourth-order valence-electron chi connectivity index (χ4n) is 2.49. The maximum Gasteiger partial charge on any atom is 0.125 e. The minimum atomic E-state index is -0.242. The van der Waals surface area contributed by atoms with Gasteiger partial charge in [-0.1, -0.05) is 0 Å². The summed E-state index contributed by atoms with van der Waals surface area (Å²) >= 11 is 5.84. The number of rotatable bonds is 6. The van der Waals surface area contributed by atoms with Gasteiger partial charge in [0, 0.05) is 37.8 Å². The van der Waals surface area contributed by atoms with E-state index in [0.717, 1.165) is 36.4 Å². The van der Waals surface area contributed by atoms with Gasteiger partial charge in [0.1, 0.15) is 11.6 Å². The van der Waals surface area contributed by atoms with Crippen LogP contribution in [0.15, 0.2) is 36.7 Å². The van der Waals surface area contributed by atoms with Crippen LogP contribution in [0.2, 0.25) is 0 Å². The van der Waals surface area contributed by atoms with Crippen molar-refractivity contribution in [3.8, 4) is 0 Å². The highest BCUT2D eigenvalue weighted by Gasteiger charge is 2.11. The smallest absolute Gasteiger partial charge is 0.125 e. The number of fused-ring (bicyclic) bond motifs is 1. The monoisotopic (exact) mass is 306 g/mol. The van der Waals surface area contributed by atoms with E-state index < -0.39 is 0 Å². The lowest BCUT2D eigenvalue weighted by Crippen LogP contribution is -2.08. The fraction of sp³-hybridized carbons (Fsp3) is 0.333. The van der Waals surface area contributed by atoms with Gasteiger partial charge in [0.15, 0.2) is 0 Å². The molecule has 0 aliphatic carbocycles. The first kappa shape index (κ1) is 14.1. The summed E-state index contributed by atoms with van der Waals surface area (Å²) in [5, 5.41) is 4.18. The van der Waals surface area contributed by atoms with Gasteiger partial charge in [0.05, 0.1) is 11.0 Å². The van der Waals surface area contributed by atoms with Crippen molar-refractivity contribution in [1.29, 1.82) is 0 Å². The van der Waals surface area contributed by atoms with Gasteiger partial charge in [-0.2, -0.15) is 5.10 Å². The molecule has 21 heavy (non-hydrogen) atoms. The Morgan fingerprint density at radius 1 is 1.24 bits per heavy atom. The molecule has 0 bridgehead atoms. The maximum atomic E-state index is 13.5. The zero-order chi connectivity index (χ0) is 14.7. The molecule has 1 aromatic carbocycles. The predicted molar refractivity (Wildman–Crippen MR) is 81.0 cm³/mol. The number of imidazole rings is 1. The quantitative estimate of drug-likeness (QED) is 0.655. The average molecular weight is 307 g/mol. The predicted octanol–water partition coefficient (Wildman–Crippen LogP) is 3.24. The molecule has 110 valence electrons. The second-order valence-corrected chi connectivity index (χ2v) is 5.25. The highest BCUT2D eigenvalue weighted by molar-refractivity contribution is 6.17. The van der Waals surface area contributed by atoms with E-state index in [0.29, 0.717) is 12.3 Å². The average Bonchev–Trinajstić information content (AvgIpc) is 3.08. The molecule has 0 saturated carbocycles. The Morgan fingerprint density at radius 2 is 2.14 bits per heavy atom. The topological polar surface area (TPSA) is 35.6 Å². The number of nitrogens with zero attached hydrogens (tertiary/aromatic N) is 4. The molecule has 2 aromatic heterocycles. The van der Waals surface area contributed by atoms with Crippen LogP contribution in [0.1, 0.15) is 12.2 Å². The van der Waals surface area contributed by atoms with Crippen LogP contribution in [-0.2, 0) is 19.5 Å². The van der Waals surface area contributed by atoms with Crippen LogP contribution >= 0.6 is 11.6 Å². The van der Waals surface area contributed by atoms with Crippen molar-refractivity contribution in [2.75, 3.05) is 5.88 Å². The molecule has 0 atom stereocenters. The number of alkyl halides is 1. The van der Waals surface area contributed by atoms with Crippen molar-refractivity contribution < 1.29 is 4.39 Å². The Hall–Kier alpha value is -1.88. The van der Waals surface area contributed by atoms with E-state index in [9.17, 15) is 4.39 Å². The second-order valence-electron chi connectivity index (χ2n) is 4.87. The Bertz CT molecular complexity index is 721. The molecule has 0 radical (unpaired) electrons. The fourth-order valence-corrected chi connectivity index (χ4v) is 2.66. The van der Waals surface area contributed by atoms with Crippen LogP contribution in [-0.4, -0.2) is 25.2 Å². The zero-order valence-corrected chi connectivity index (χ0v) is 12.3. The summed E-state index contributed by atoms with van der Waals surface area (Å²) < 4.78 is 17.4. The lowest BCUT2D eigenvalue weighted by Gasteiger charge is -2.08. The highest BCUT2D eigenvalue weighted by atomic mass is 35.5. The normalized spacial score (nSPS) is 11.3. The molecule has 0 aliphatic rings. The molecule has 0 amide bonds. The molecule has 0 aliphatic heterocycles. The highest BCUT2D eigenvalue weighted by Crippen LogP contribution is 2.19. The Balaban J connectivity index is 1.83. The number of benzene rings is 1. The third-order valence-electron chi connectivity index (χ3n) is 3.44. The third-order valence-corrected chi connectivity index (χ3v) is 3.62. The second kappa shape index (κ2) is 6.26. The maximum absolute atomic E-state index is 13.5. The number of hydrogen-bond acceptors (Lipinski definition) is 2. The van der Waals surface area contributed by atoms with Gasteiger partial charge in [-0.05, 0) is 30.7 Å². The number of hydrogen-bond donors (Lipinski definition) is 0. The summed E-state index contributed by atoms with van der Waals surface area (Å²) in [6, 6.07) is 6.59. The van der Waals surface area contributed by atoms with Crippen molar-refractivity contribution in [2.24, 2.45) is 0 Å². The van der Waals surface area contributed by atoms with Gasteiger partial charge in [0.25, 0.3) is 0 Å². The number of aryl methyl sites for hydroxylation is 3. The first-order chi connectivity index (χ1) is 10.3. The summed E-state index contributed by atoms with van der Waals surface area (Å²) in [5.74, 6) is 1.17. The summed E-state index contributed by atoms with van der Waals surface area (Å²) in [7, 11) is 0. The van der Waals surface area contributed by atoms with E-state index in [1.807, 2.05) is 16.9 Å². The van der Waals surface area contributed by atoms with E-state index in [-0.39, 0.29) is 5.82 Å². The standard InChI is InChI=1S/C15H16ClFN4/c16-6-5-15-19-13-4-3-12(17)11-14(13)21(15)10-2-9-20-8-1-7-18-20/h1,3-4,7-8,11H,2,5-6,9-10H2. The first-order valence-corrected chi connectivity index (χ1v) is 7.49. The van der Waals surface area contributed by atoms with Crippen molar-refractivity contribution in [3.05, 3.63) is 48.3 Å². The van der Waals surface area contributed by atoms with Crippen LogP contribution in [0, 0.1) is 5.82 Å². The van der Waals surface area contributed by atoms with E-state index in [1.54, 1.807) is 12.3 Å². The Labute approximate surface area is 127 Å². The van der Waals surface area contributed by atoms with Crippen LogP contribution in [0.5, 0.6) is 0 Å². The lowest BCUT2D eigenvalue weighted by molar-refractivity contribution is 0.524. The molecule has 0 unspecified atom stereocenters. The minimum Gasteiger partial charge on any atom is -0.328 e. The molecule has 0 fully saturated rings. The molecule has 0 N–H and O–H groups in total. The SMILES string of the molecule is Fc1ccc2nc(CCCl)n(CCCn3cccn3)c2c1. The van der Waals surface area contributed by atoms with E-state index >= 15 is 0 Å². The van der Waals surface area contributed by atoms with Crippen LogP contribution < -0.4 is 0 Å². The Morgan fingerprint density at radius 3 is 2.90 bits per heavy atom. The van der Waals surface area contributed by atoms with Crippen LogP contribution in [0.25, 0.3) is 11.0 Å². The number of halogens is 2. The van der Waals surface area contributed by atoms with Crippen LogP contribution in [0.3, 0.4) is 0 Å². The number of aromatic nitrogens is 4. The molecule has 3 aromatic rings. The van der Waals surface area contributed by atoms with Gasteiger partial charge in [-0.3, -0.25) is 4.68 Å². The van der Waals surface area contributed by atoms with Gasteiger partial charge in [-0.15, -0.1) is 11.6 Å². The molecule has 2 heterocycles. The largest absolute Gasteiger partial charge is 0.328 e. The summed E-state index contributed by atoms with van der Waals surface area (Å²) in [5.41, 5.74) is 1.64. The van der Waals surface area contributed by atoms with Crippen molar-refractivity contribution in [2.45, 2.75) is 25.9 Å². The first-order valence-electron chi connectivity index (χ1n) is 6.96. The molecule has 0 saturated heterocycles. The molecule has 6 heteroatoms.